The van der Waals surface area contributed by atoms with Crippen LogP contribution in [0.5, 0.6) is 0 Å². The smallest absolute Gasteiger partial charge is 0.169 e. The minimum absolute atomic E-state index is 0.278. The van der Waals surface area contributed by atoms with Gasteiger partial charge in [-0.1, -0.05) is 19.1 Å². The second kappa shape index (κ2) is 3.21. The summed E-state index contributed by atoms with van der Waals surface area (Å²) in [7, 11) is 0. The van der Waals surface area contributed by atoms with Crippen molar-refractivity contribution in [2.45, 2.75) is 19.8 Å². The van der Waals surface area contributed by atoms with E-state index in [1.165, 1.54) is 6.07 Å². The predicted molar refractivity (Wildman–Crippen MR) is 50.2 cm³/mol. The normalized spacial score (nSPS) is 10.9. The summed E-state index contributed by atoms with van der Waals surface area (Å²) in [6, 6.07) is 6.88. The minimum Gasteiger partial charge on any atom is -0.458 e. The summed E-state index contributed by atoms with van der Waals surface area (Å²) in [5.41, 5.74) is 0.381. The summed E-state index contributed by atoms with van der Waals surface area (Å²) < 4.78 is 18.5. The molecule has 2 rings (SSSR count). The first-order valence-electron chi connectivity index (χ1n) is 4.48. The highest BCUT2D eigenvalue weighted by Crippen LogP contribution is 2.22. The Labute approximate surface area is 76.2 Å². The van der Waals surface area contributed by atoms with Crippen molar-refractivity contribution in [3.05, 3.63) is 35.8 Å². The molecule has 0 radical (unpaired) electrons. The standard InChI is InChI=1S/C11H11FO/c1-2-4-9-7-8-5-3-6-10(12)11(8)13-9/h3,5-7H,2,4H2,1H3. The maximum absolute atomic E-state index is 13.1. The molecule has 0 saturated heterocycles. The summed E-state index contributed by atoms with van der Waals surface area (Å²) in [6.45, 7) is 2.07. The van der Waals surface area contributed by atoms with E-state index in [9.17, 15) is 4.39 Å². The molecule has 1 nitrogen and oxygen atoms in total. The molecular weight excluding hydrogens is 167 g/mol. The molecule has 0 atom stereocenters. The highest BCUT2D eigenvalue weighted by molar-refractivity contribution is 5.78. The number of hydrogen-bond donors (Lipinski definition) is 0. The molecule has 0 bridgehead atoms. The van der Waals surface area contributed by atoms with Crippen molar-refractivity contribution in [2.24, 2.45) is 0 Å². The Bertz CT molecular complexity index is 417. The van der Waals surface area contributed by atoms with Crippen LogP contribution >= 0.6 is 0 Å². The third-order valence-corrected chi connectivity index (χ3v) is 2.04. The van der Waals surface area contributed by atoms with Crippen molar-refractivity contribution in [3.8, 4) is 0 Å². The van der Waals surface area contributed by atoms with E-state index < -0.39 is 0 Å². The molecule has 68 valence electrons. The lowest BCUT2D eigenvalue weighted by Crippen LogP contribution is -1.74. The summed E-state index contributed by atoms with van der Waals surface area (Å²) in [4.78, 5) is 0. The van der Waals surface area contributed by atoms with E-state index in [1.54, 1.807) is 6.07 Å². The van der Waals surface area contributed by atoms with Gasteiger partial charge in [0.1, 0.15) is 5.76 Å². The van der Waals surface area contributed by atoms with E-state index >= 15 is 0 Å². The Morgan fingerprint density at radius 2 is 2.23 bits per heavy atom. The molecule has 2 heteroatoms. The van der Waals surface area contributed by atoms with Crippen molar-refractivity contribution < 1.29 is 8.81 Å². The number of rotatable bonds is 2. The van der Waals surface area contributed by atoms with Crippen LogP contribution in [0.25, 0.3) is 11.0 Å². The van der Waals surface area contributed by atoms with Crippen LogP contribution in [0.2, 0.25) is 0 Å². The van der Waals surface area contributed by atoms with Gasteiger partial charge >= 0.3 is 0 Å². The van der Waals surface area contributed by atoms with Gasteiger partial charge in [0.05, 0.1) is 0 Å². The number of aryl methyl sites for hydroxylation is 1. The molecule has 0 aliphatic heterocycles. The van der Waals surface area contributed by atoms with Gasteiger partial charge in [0.15, 0.2) is 11.4 Å². The fourth-order valence-electron chi connectivity index (χ4n) is 1.45. The van der Waals surface area contributed by atoms with Crippen LogP contribution in [0, 0.1) is 5.82 Å². The van der Waals surface area contributed by atoms with Crippen molar-refractivity contribution in [1.29, 1.82) is 0 Å². The van der Waals surface area contributed by atoms with Gasteiger partial charge < -0.3 is 4.42 Å². The number of fused-ring (bicyclic) bond motifs is 1. The van der Waals surface area contributed by atoms with Crippen LogP contribution in [-0.4, -0.2) is 0 Å². The zero-order chi connectivity index (χ0) is 9.26. The Morgan fingerprint density at radius 1 is 1.38 bits per heavy atom. The molecule has 1 aromatic heterocycles. The van der Waals surface area contributed by atoms with Crippen molar-refractivity contribution in [1.82, 2.24) is 0 Å². The molecule has 0 unspecified atom stereocenters. The highest BCUT2D eigenvalue weighted by Gasteiger charge is 2.06. The van der Waals surface area contributed by atoms with Crippen LogP contribution in [0.4, 0.5) is 4.39 Å². The van der Waals surface area contributed by atoms with Crippen LogP contribution in [0.15, 0.2) is 28.7 Å². The van der Waals surface area contributed by atoms with E-state index in [1.807, 2.05) is 12.1 Å². The Balaban J connectivity index is 2.55. The van der Waals surface area contributed by atoms with Crippen LogP contribution in [-0.2, 0) is 6.42 Å². The van der Waals surface area contributed by atoms with Crippen LogP contribution in [0.3, 0.4) is 0 Å². The van der Waals surface area contributed by atoms with Gasteiger partial charge in [0, 0.05) is 11.8 Å². The highest BCUT2D eigenvalue weighted by atomic mass is 19.1. The lowest BCUT2D eigenvalue weighted by molar-refractivity contribution is 0.516. The predicted octanol–water partition coefficient (Wildman–Crippen LogP) is 3.52. The average molecular weight is 178 g/mol. The van der Waals surface area contributed by atoms with Gasteiger partial charge in [0.2, 0.25) is 0 Å². The molecule has 0 spiro atoms. The van der Waals surface area contributed by atoms with Gasteiger partial charge in [-0.15, -0.1) is 0 Å². The Morgan fingerprint density at radius 3 is 2.92 bits per heavy atom. The lowest BCUT2D eigenvalue weighted by atomic mass is 10.2. The van der Waals surface area contributed by atoms with Gasteiger partial charge in [-0.3, -0.25) is 0 Å². The first-order valence-corrected chi connectivity index (χ1v) is 4.48. The third-order valence-electron chi connectivity index (χ3n) is 2.04. The van der Waals surface area contributed by atoms with Crippen molar-refractivity contribution >= 4 is 11.0 Å². The monoisotopic (exact) mass is 178 g/mol. The summed E-state index contributed by atoms with van der Waals surface area (Å²) in [5.74, 6) is 0.586. The van der Waals surface area contributed by atoms with Gasteiger partial charge in [0.25, 0.3) is 0 Å². The first-order chi connectivity index (χ1) is 6.31. The molecule has 0 fully saturated rings. The number of halogens is 1. The lowest BCUT2D eigenvalue weighted by Gasteiger charge is -1.89. The summed E-state index contributed by atoms with van der Waals surface area (Å²) in [6.07, 6.45) is 1.88. The molecule has 2 aromatic rings. The molecule has 0 amide bonds. The van der Waals surface area contributed by atoms with Crippen LogP contribution in [0.1, 0.15) is 19.1 Å². The number of benzene rings is 1. The topological polar surface area (TPSA) is 13.1 Å². The zero-order valence-electron chi connectivity index (χ0n) is 7.51. The third kappa shape index (κ3) is 1.44. The average Bonchev–Trinajstić information content (AvgIpc) is 2.49. The second-order valence-corrected chi connectivity index (χ2v) is 3.12. The van der Waals surface area contributed by atoms with E-state index in [0.717, 1.165) is 24.0 Å². The van der Waals surface area contributed by atoms with E-state index in [4.69, 9.17) is 4.42 Å². The van der Waals surface area contributed by atoms with Crippen molar-refractivity contribution in [2.75, 3.05) is 0 Å². The van der Waals surface area contributed by atoms with Crippen LogP contribution < -0.4 is 0 Å². The van der Waals surface area contributed by atoms with Crippen molar-refractivity contribution in [3.63, 3.8) is 0 Å². The quantitative estimate of drug-likeness (QED) is 0.685. The van der Waals surface area contributed by atoms with E-state index in [2.05, 4.69) is 6.92 Å². The molecule has 13 heavy (non-hydrogen) atoms. The molecular formula is C11H11FO. The second-order valence-electron chi connectivity index (χ2n) is 3.12. The maximum atomic E-state index is 13.1. The Hall–Kier alpha value is -1.31. The number of para-hydroxylation sites is 1. The number of hydrogen-bond acceptors (Lipinski definition) is 1. The number of furan rings is 1. The molecule has 0 saturated carbocycles. The molecule has 0 N–H and O–H groups in total. The van der Waals surface area contributed by atoms with E-state index in [-0.39, 0.29) is 5.82 Å². The molecule has 1 aromatic carbocycles. The maximum Gasteiger partial charge on any atom is 0.169 e. The zero-order valence-corrected chi connectivity index (χ0v) is 7.51. The fourth-order valence-corrected chi connectivity index (χ4v) is 1.45. The largest absolute Gasteiger partial charge is 0.458 e. The SMILES string of the molecule is CCCc1cc2cccc(F)c2o1. The molecule has 0 aliphatic carbocycles. The first kappa shape index (κ1) is 8.30. The summed E-state index contributed by atoms with van der Waals surface area (Å²) >= 11 is 0. The van der Waals surface area contributed by atoms with E-state index in [0.29, 0.717) is 5.58 Å². The Kier molecular flexibility index (Phi) is 2.05. The van der Waals surface area contributed by atoms with Gasteiger partial charge in [-0.2, -0.15) is 0 Å². The van der Waals surface area contributed by atoms with Gasteiger partial charge in [-0.25, -0.2) is 4.39 Å². The van der Waals surface area contributed by atoms with Gasteiger partial charge in [-0.05, 0) is 18.6 Å². The molecule has 0 aliphatic rings. The minimum atomic E-state index is -0.278. The molecule has 1 heterocycles. The fraction of sp³-hybridized carbons (Fsp3) is 0.273. The summed E-state index contributed by atoms with van der Waals surface area (Å²) in [5, 5.41) is 0.850.